The molecule has 0 aliphatic heterocycles. The predicted molar refractivity (Wildman–Crippen MR) is 125 cm³/mol. The molecule has 0 saturated heterocycles. The van der Waals surface area contributed by atoms with Gasteiger partial charge in [-0.15, -0.1) is 10.2 Å². The number of nitrogens with two attached hydrogens (primary N) is 1. The topological polar surface area (TPSA) is 174 Å². The van der Waals surface area contributed by atoms with Crippen LogP contribution in [0.4, 0.5) is 32.2 Å². The van der Waals surface area contributed by atoms with E-state index in [-0.39, 0.29) is 0 Å². The average molecular weight is 572 g/mol. The summed E-state index contributed by atoms with van der Waals surface area (Å²) in [4.78, 5) is 22.5. The molecule has 0 spiro atoms. The first-order valence-electron chi connectivity index (χ1n) is 10.9. The minimum atomic E-state index is -5.08. The number of alkyl halides is 6. The van der Waals surface area contributed by atoms with Crippen LogP contribution in [0.3, 0.4) is 0 Å². The largest absolute Gasteiger partial charge is 0.491 e. The molecule has 0 unspecified atom stereocenters. The Hall–Kier alpha value is -3.93. The molecule has 1 aromatic carbocycles. The number of carboxylic acid groups (broad SMARTS) is 2. The fraction of sp³-hybridized carbons (Fsp3) is 0.476. The van der Waals surface area contributed by atoms with E-state index >= 15 is 0 Å². The van der Waals surface area contributed by atoms with Crippen molar-refractivity contribution in [3.05, 3.63) is 24.0 Å². The summed E-state index contributed by atoms with van der Waals surface area (Å²) >= 11 is 0. The average Bonchev–Trinajstić information content (AvgIpc) is 3.23. The highest BCUT2D eigenvalue weighted by atomic mass is 19.4. The van der Waals surface area contributed by atoms with Crippen molar-refractivity contribution < 1.29 is 55.6 Å². The molecule has 0 aliphatic rings. The third kappa shape index (κ3) is 10.8. The molecular weight excluding hydrogens is 546 g/mol. The van der Waals surface area contributed by atoms with E-state index in [1.165, 1.54) is 0 Å². The van der Waals surface area contributed by atoms with Crippen LogP contribution in [0.25, 0.3) is 16.7 Å². The molecule has 0 amide bonds. The second-order valence-electron chi connectivity index (χ2n) is 7.39. The number of hydrogen-bond acceptors (Lipinski definition) is 9. The Morgan fingerprint density at radius 1 is 1.03 bits per heavy atom. The van der Waals surface area contributed by atoms with Gasteiger partial charge in [0.25, 0.3) is 0 Å². The number of carboxylic acids is 2. The molecule has 0 atom stereocenters. The molecule has 0 fully saturated rings. The van der Waals surface area contributed by atoms with Crippen molar-refractivity contribution in [1.82, 2.24) is 19.6 Å². The smallest absolute Gasteiger partial charge is 0.490 e. The number of anilines is 1. The van der Waals surface area contributed by atoms with Crippen molar-refractivity contribution in [2.24, 2.45) is 5.73 Å². The highest BCUT2D eigenvalue weighted by Crippen LogP contribution is 2.25. The van der Waals surface area contributed by atoms with Crippen LogP contribution in [0.15, 0.2) is 18.2 Å². The van der Waals surface area contributed by atoms with Crippen molar-refractivity contribution in [1.29, 1.82) is 0 Å². The fourth-order valence-electron chi connectivity index (χ4n) is 2.68. The molecule has 3 aromatic rings. The number of halogens is 6. The first kappa shape index (κ1) is 33.1. The first-order valence-corrected chi connectivity index (χ1v) is 10.9. The summed E-state index contributed by atoms with van der Waals surface area (Å²) < 4.78 is 76.2. The van der Waals surface area contributed by atoms with Gasteiger partial charge in [-0.05, 0) is 38.4 Å². The highest BCUT2D eigenvalue weighted by molar-refractivity contribution is 5.84. The molecule has 39 heavy (non-hydrogen) atoms. The zero-order valence-corrected chi connectivity index (χ0v) is 20.6. The van der Waals surface area contributed by atoms with Crippen LogP contribution >= 0.6 is 0 Å². The Labute approximate surface area is 216 Å². The fourth-order valence-corrected chi connectivity index (χ4v) is 2.68. The SMILES string of the molecule is COCCOc1ccc2c(c1)nc(NCCCCN)c1nnc(C)n12.O=C(O)C(F)(F)F.O=C(O)C(F)(F)F. The molecule has 5 N–H and O–H groups in total. The number of aliphatic carboxylic acids is 2. The lowest BCUT2D eigenvalue weighted by atomic mass is 10.2. The molecular formula is C21H26F6N6O6. The lowest BCUT2D eigenvalue weighted by molar-refractivity contribution is -0.193. The quantitative estimate of drug-likeness (QED) is 0.219. The Balaban J connectivity index is 0.000000449. The Bertz CT molecular complexity index is 1210. The number of unbranched alkanes of at least 4 members (excludes halogenated alkanes) is 1. The van der Waals surface area contributed by atoms with Crippen molar-refractivity contribution in [2.45, 2.75) is 32.1 Å². The summed E-state index contributed by atoms with van der Waals surface area (Å²) in [6.45, 7) is 4.46. The van der Waals surface area contributed by atoms with Crippen molar-refractivity contribution in [3.63, 3.8) is 0 Å². The molecule has 3 rings (SSSR count). The zero-order valence-electron chi connectivity index (χ0n) is 20.6. The summed E-state index contributed by atoms with van der Waals surface area (Å²) in [5.41, 5.74) is 8.05. The summed E-state index contributed by atoms with van der Waals surface area (Å²) in [7, 11) is 1.65. The van der Waals surface area contributed by atoms with Gasteiger partial charge < -0.3 is 30.7 Å². The lowest BCUT2D eigenvalue weighted by Gasteiger charge is -2.11. The van der Waals surface area contributed by atoms with Gasteiger partial charge in [0.05, 0.1) is 17.6 Å². The van der Waals surface area contributed by atoms with E-state index in [2.05, 4.69) is 15.5 Å². The van der Waals surface area contributed by atoms with Gasteiger partial charge >= 0.3 is 24.3 Å². The predicted octanol–water partition coefficient (Wildman–Crippen LogP) is 3.03. The van der Waals surface area contributed by atoms with E-state index in [4.69, 9.17) is 40.0 Å². The third-order valence-electron chi connectivity index (χ3n) is 4.42. The van der Waals surface area contributed by atoms with E-state index < -0.39 is 24.3 Å². The van der Waals surface area contributed by atoms with Gasteiger partial charge in [0.1, 0.15) is 18.2 Å². The molecule has 12 nitrogen and oxygen atoms in total. The summed E-state index contributed by atoms with van der Waals surface area (Å²) in [5, 5.41) is 26.1. The number of carbonyl (C=O) groups is 2. The minimum Gasteiger partial charge on any atom is -0.491 e. The summed E-state index contributed by atoms with van der Waals surface area (Å²) in [5.74, 6) is -3.21. The number of fused-ring (bicyclic) bond motifs is 3. The number of hydrogen-bond donors (Lipinski definition) is 4. The first-order chi connectivity index (χ1) is 18.1. The maximum absolute atomic E-state index is 10.6. The molecule has 0 bridgehead atoms. The molecule has 2 heterocycles. The second kappa shape index (κ2) is 14.9. The van der Waals surface area contributed by atoms with Crippen molar-refractivity contribution in [2.75, 3.05) is 38.7 Å². The number of rotatable bonds is 9. The standard InChI is InChI=1S/C17H24N6O2.2C2HF3O2/c1-12-21-22-17-16(19-8-4-3-7-18)20-14-11-13(25-10-9-24-2)5-6-15(14)23(12)17;2*3-2(4,5)1(6)7/h5-6,11H,3-4,7-10,18H2,1-2H3,(H,19,20);2*(H,6,7). The molecule has 18 heteroatoms. The number of aryl methyl sites for hydroxylation is 1. The number of nitrogens with one attached hydrogen (secondary N) is 1. The van der Waals surface area contributed by atoms with Crippen LogP contribution in [0, 0.1) is 6.92 Å². The van der Waals surface area contributed by atoms with Crippen LogP contribution < -0.4 is 15.8 Å². The minimum absolute atomic E-state index is 0.500. The Morgan fingerprint density at radius 2 is 1.62 bits per heavy atom. The van der Waals surface area contributed by atoms with Gasteiger partial charge in [-0.1, -0.05) is 0 Å². The summed E-state index contributed by atoms with van der Waals surface area (Å²) in [6.07, 6.45) is -8.21. The van der Waals surface area contributed by atoms with Gasteiger partial charge in [0.15, 0.2) is 5.82 Å². The maximum atomic E-state index is 10.6. The van der Waals surface area contributed by atoms with Gasteiger partial charge in [0, 0.05) is 19.7 Å². The number of nitrogens with zero attached hydrogens (tertiary/aromatic N) is 4. The monoisotopic (exact) mass is 572 g/mol. The number of aromatic nitrogens is 4. The van der Waals surface area contributed by atoms with Crippen LogP contribution in [0.2, 0.25) is 0 Å². The van der Waals surface area contributed by atoms with Gasteiger partial charge in [-0.3, -0.25) is 4.40 Å². The van der Waals surface area contributed by atoms with Gasteiger partial charge in [-0.2, -0.15) is 26.3 Å². The Morgan fingerprint density at radius 3 is 2.13 bits per heavy atom. The lowest BCUT2D eigenvalue weighted by Crippen LogP contribution is -2.21. The van der Waals surface area contributed by atoms with Crippen LogP contribution in [-0.4, -0.2) is 87.5 Å². The van der Waals surface area contributed by atoms with Crippen LogP contribution in [-0.2, 0) is 14.3 Å². The van der Waals surface area contributed by atoms with Crippen LogP contribution in [0.5, 0.6) is 5.75 Å². The van der Waals surface area contributed by atoms with Crippen LogP contribution in [0.1, 0.15) is 18.7 Å². The maximum Gasteiger partial charge on any atom is 0.490 e. The number of ether oxygens (including phenoxy) is 2. The van der Waals surface area contributed by atoms with Crippen molar-refractivity contribution in [3.8, 4) is 5.75 Å². The third-order valence-corrected chi connectivity index (χ3v) is 4.42. The van der Waals surface area contributed by atoms with E-state index in [1.807, 2.05) is 29.5 Å². The van der Waals surface area contributed by atoms with E-state index in [9.17, 15) is 26.3 Å². The van der Waals surface area contributed by atoms with E-state index in [0.717, 1.165) is 53.5 Å². The molecule has 0 radical (unpaired) electrons. The van der Waals surface area contributed by atoms with Crippen molar-refractivity contribution >= 4 is 34.4 Å². The number of methoxy groups -OCH3 is 1. The molecule has 0 aliphatic carbocycles. The second-order valence-corrected chi connectivity index (χ2v) is 7.39. The van der Waals surface area contributed by atoms with E-state index in [1.54, 1.807) is 7.11 Å². The van der Waals surface area contributed by atoms with Gasteiger partial charge in [-0.25, -0.2) is 14.6 Å². The zero-order chi connectivity index (χ0) is 29.8. The highest BCUT2D eigenvalue weighted by Gasteiger charge is 2.38. The number of benzene rings is 1. The van der Waals surface area contributed by atoms with E-state index in [0.29, 0.717) is 19.8 Å². The normalized spacial score (nSPS) is 11.3. The molecule has 2 aromatic heterocycles. The molecule has 0 saturated carbocycles. The molecule has 218 valence electrons. The summed E-state index contributed by atoms with van der Waals surface area (Å²) in [6, 6.07) is 5.83. The van der Waals surface area contributed by atoms with Gasteiger partial charge in [0.2, 0.25) is 5.65 Å². The Kier molecular flexibility index (Phi) is 12.6.